The Bertz CT molecular complexity index is 469. The van der Waals surface area contributed by atoms with Crippen LogP contribution in [-0.2, 0) is 10.2 Å². The van der Waals surface area contributed by atoms with Crippen LogP contribution in [0, 0.1) is 0 Å². The monoisotopic (exact) mass is 290 g/mol. The minimum absolute atomic E-state index is 0.0104. The van der Waals surface area contributed by atoms with Gasteiger partial charge in [0.15, 0.2) is 0 Å². The average Bonchev–Trinajstić information content (AvgIpc) is 2.40. The van der Waals surface area contributed by atoms with Crippen molar-refractivity contribution in [3.05, 3.63) is 29.8 Å². The van der Waals surface area contributed by atoms with Crippen LogP contribution in [0.25, 0.3) is 0 Å². The zero-order chi connectivity index (χ0) is 15.5. The van der Waals surface area contributed by atoms with Gasteiger partial charge in [-0.05, 0) is 48.8 Å². The van der Waals surface area contributed by atoms with Gasteiger partial charge in [-0.3, -0.25) is 0 Å². The molecule has 1 fully saturated rings. The summed E-state index contributed by atoms with van der Waals surface area (Å²) in [6.45, 7) is 6.65. The van der Waals surface area contributed by atoms with Gasteiger partial charge in [0.1, 0.15) is 6.10 Å². The molecular weight excluding hydrogens is 264 g/mol. The number of ether oxygens (including phenoxy) is 1. The summed E-state index contributed by atoms with van der Waals surface area (Å²) in [5, 5.41) is 3.56. The molecule has 0 saturated heterocycles. The highest BCUT2D eigenvalue weighted by Gasteiger charge is 2.23. The minimum Gasteiger partial charge on any atom is -0.446 e. The predicted octanol–water partition coefficient (Wildman–Crippen LogP) is 3.80. The fourth-order valence-electron chi connectivity index (χ4n) is 2.79. The van der Waals surface area contributed by atoms with Gasteiger partial charge in [-0.25, -0.2) is 4.79 Å². The minimum atomic E-state index is -0.663. The van der Waals surface area contributed by atoms with E-state index >= 15 is 0 Å². The number of rotatable bonds is 3. The first-order valence-corrected chi connectivity index (χ1v) is 7.68. The van der Waals surface area contributed by atoms with Crippen molar-refractivity contribution in [2.24, 2.45) is 5.73 Å². The zero-order valence-corrected chi connectivity index (χ0v) is 13.2. The molecule has 0 aromatic heterocycles. The van der Waals surface area contributed by atoms with Crippen molar-refractivity contribution in [1.82, 2.24) is 0 Å². The van der Waals surface area contributed by atoms with Crippen molar-refractivity contribution in [3.63, 3.8) is 0 Å². The molecule has 4 heteroatoms. The van der Waals surface area contributed by atoms with E-state index in [1.807, 2.05) is 0 Å². The maximum absolute atomic E-state index is 10.7. The van der Waals surface area contributed by atoms with Crippen LogP contribution in [0.4, 0.5) is 10.5 Å². The first-order chi connectivity index (χ1) is 9.84. The van der Waals surface area contributed by atoms with Gasteiger partial charge >= 0.3 is 6.09 Å². The van der Waals surface area contributed by atoms with E-state index in [0.29, 0.717) is 6.04 Å². The van der Waals surface area contributed by atoms with E-state index in [4.69, 9.17) is 10.5 Å². The smallest absolute Gasteiger partial charge is 0.404 e. The number of anilines is 1. The van der Waals surface area contributed by atoms with Gasteiger partial charge in [0.05, 0.1) is 0 Å². The summed E-state index contributed by atoms with van der Waals surface area (Å²) in [4.78, 5) is 10.7. The molecule has 116 valence electrons. The molecule has 1 aliphatic rings. The molecule has 21 heavy (non-hydrogen) atoms. The predicted molar refractivity (Wildman–Crippen MR) is 85.5 cm³/mol. The van der Waals surface area contributed by atoms with E-state index < -0.39 is 6.09 Å². The second kappa shape index (κ2) is 6.37. The molecule has 0 unspecified atom stereocenters. The van der Waals surface area contributed by atoms with Crippen molar-refractivity contribution >= 4 is 11.8 Å². The largest absolute Gasteiger partial charge is 0.446 e. The Morgan fingerprint density at radius 2 is 1.71 bits per heavy atom. The molecule has 3 N–H and O–H groups in total. The number of hydrogen-bond donors (Lipinski definition) is 2. The Morgan fingerprint density at radius 3 is 2.19 bits per heavy atom. The molecule has 0 bridgehead atoms. The van der Waals surface area contributed by atoms with E-state index in [1.165, 1.54) is 5.56 Å². The Morgan fingerprint density at radius 1 is 1.14 bits per heavy atom. The van der Waals surface area contributed by atoms with Crippen LogP contribution in [0.3, 0.4) is 0 Å². The van der Waals surface area contributed by atoms with Crippen LogP contribution in [0.15, 0.2) is 24.3 Å². The van der Waals surface area contributed by atoms with E-state index in [9.17, 15) is 4.79 Å². The number of nitrogens with two attached hydrogens (primary N) is 1. The SMILES string of the molecule is CC(C)(C)c1ccc(NC2CCC(OC(N)=O)CC2)cc1. The number of nitrogens with one attached hydrogen (secondary N) is 1. The summed E-state index contributed by atoms with van der Waals surface area (Å²) in [6.07, 6.45) is 3.08. The van der Waals surface area contributed by atoms with Gasteiger partial charge in [0.25, 0.3) is 0 Å². The van der Waals surface area contributed by atoms with E-state index in [2.05, 4.69) is 50.4 Å². The Hall–Kier alpha value is -1.71. The highest BCUT2D eigenvalue weighted by Crippen LogP contribution is 2.26. The van der Waals surface area contributed by atoms with Crippen LogP contribution < -0.4 is 11.1 Å². The Labute approximate surface area is 127 Å². The van der Waals surface area contributed by atoms with Gasteiger partial charge in [0, 0.05) is 11.7 Å². The molecule has 1 amide bonds. The quantitative estimate of drug-likeness (QED) is 0.890. The molecule has 0 heterocycles. The van der Waals surface area contributed by atoms with E-state index in [1.54, 1.807) is 0 Å². The number of carbonyl (C=O) groups excluding carboxylic acids is 1. The molecule has 4 nitrogen and oxygen atoms in total. The van der Waals surface area contributed by atoms with E-state index in [0.717, 1.165) is 31.4 Å². The molecule has 0 spiro atoms. The lowest BCUT2D eigenvalue weighted by molar-refractivity contribution is 0.0806. The van der Waals surface area contributed by atoms with Crippen molar-refractivity contribution in [2.45, 2.75) is 64.0 Å². The second-order valence-electron chi connectivity index (χ2n) is 6.88. The number of primary amides is 1. The normalized spacial score (nSPS) is 22.6. The van der Waals surface area contributed by atoms with Crippen molar-refractivity contribution in [3.8, 4) is 0 Å². The third-order valence-electron chi connectivity index (χ3n) is 4.08. The van der Waals surface area contributed by atoms with Gasteiger partial charge in [0.2, 0.25) is 0 Å². The first-order valence-electron chi connectivity index (χ1n) is 7.68. The lowest BCUT2D eigenvalue weighted by Gasteiger charge is -2.29. The van der Waals surface area contributed by atoms with Crippen LogP contribution in [-0.4, -0.2) is 18.2 Å². The van der Waals surface area contributed by atoms with Crippen molar-refractivity contribution in [2.75, 3.05) is 5.32 Å². The molecule has 1 aromatic carbocycles. The second-order valence-corrected chi connectivity index (χ2v) is 6.88. The van der Waals surface area contributed by atoms with Crippen molar-refractivity contribution < 1.29 is 9.53 Å². The Balaban J connectivity index is 1.85. The molecule has 1 saturated carbocycles. The maximum Gasteiger partial charge on any atom is 0.404 e. The topological polar surface area (TPSA) is 64.3 Å². The van der Waals surface area contributed by atoms with Crippen LogP contribution in [0.1, 0.15) is 52.0 Å². The van der Waals surface area contributed by atoms with Crippen LogP contribution >= 0.6 is 0 Å². The van der Waals surface area contributed by atoms with Gasteiger partial charge in [-0.15, -0.1) is 0 Å². The summed E-state index contributed by atoms with van der Waals surface area (Å²) in [5.74, 6) is 0. The summed E-state index contributed by atoms with van der Waals surface area (Å²) < 4.78 is 5.05. The number of benzene rings is 1. The standard InChI is InChI=1S/C17H26N2O2/c1-17(2,3)12-4-6-13(7-5-12)19-14-8-10-15(11-9-14)21-16(18)20/h4-7,14-15,19H,8-11H2,1-3H3,(H2,18,20). The van der Waals surface area contributed by atoms with Gasteiger partial charge in [-0.1, -0.05) is 32.9 Å². The highest BCUT2D eigenvalue weighted by atomic mass is 16.6. The number of amides is 1. The Kier molecular flexibility index (Phi) is 4.76. The average molecular weight is 290 g/mol. The lowest BCUT2D eigenvalue weighted by Crippen LogP contribution is -2.32. The molecule has 0 aliphatic heterocycles. The number of carbonyl (C=O) groups is 1. The molecule has 1 aliphatic carbocycles. The summed E-state index contributed by atoms with van der Waals surface area (Å²) >= 11 is 0. The fourth-order valence-corrected chi connectivity index (χ4v) is 2.79. The summed E-state index contributed by atoms with van der Waals surface area (Å²) in [7, 11) is 0. The first kappa shape index (κ1) is 15.7. The zero-order valence-electron chi connectivity index (χ0n) is 13.2. The maximum atomic E-state index is 10.7. The van der Waals surface area contributed by atoms with Crippen LogP contribution in [0.2, 0.25) is 0 Å². The summed E-state index contributed by atoms with van der Waals surface area (Å²) in [6, 6.07) is 9.10. The number of hydrogen-bond acceptors (Lipinski definition) is 3. The third kappa shape index (κ3) is 4.66. The van der Waals surface area contributed by atoms with E-state index in [-0.39, 0.29) is 11.5 Å². The van der Waals surface area contributed by atoms with Gasteiger partial charge in [-0.2, -0.15) is 0 Å². The molecular formula is C17H26N2O2. The molecule has 1 aromatic rings. The molecule has 0 atom stereocenters. The molecule has 0 radical (unpaired) electrons. The highest BCUT2D eigenvalue weighted by molar-refractivity contribution is 5.64. The summed E-state index contributed by atoms with van der Waals surface area (Å²) in [5.41, 5.74) is 7.73. The fraction of sp³-hybridized carbons (Fsp3) is 0.588. The third-order valence-corrected chi connectivity index (χ3v) is 4.08. The van der Waals surface area contributed by atoms with Crippen molar-refractivity contribution in [1.29, 1.82) is 0 Å². The van der Waals surface area contributed by atoms with Crippen LogP contribution in [0.5, 0.6) is 0 Å². The van der Waals surface area contributed by atoms with Gasteiger partial charge < -0.3 is 15.8 Å². The molecule has 2 rings (SSSR count). The lowest BCUT2D eigenvalue weighted by atomic mass is 9.87.